The largest absolute Gasteiger partial charge is 0.481 e. The van der Waals surface area contributed by atoms with Crippen molar-refractivity contribution in [2.75, 3.05) is 33.7 Å². The van der Waals surface area contributed by atoms with Crippen molar-refractivity contribution < 1.29 is 9.90 Å². The molecular formula is C11H22N2O2. The van der Waals surface area contributed by atoms with Gasteiger partial charge in [-0.15, -0.1) is 0 Å². The van der Waals surface area contributed by atoms with Crippen LogP contribution in [0.1, 0.15) is 25.7 Å². The molecule has 1 atom stereocenters. The molecule has 15 heavy (non-hydrogen) atoms. The predicted octanol–water partition coefficient (Wildman–Crippen LogP) is 0.877. The van der Waals surface area contributed by atoms with Gasteiger partial charge in [0.15, 0.2) is 0 Å². The molecule has 0 amide bonds. The fourth-order valence-corrected chi connectivity index (χ4v) is 2.09. The van der Waals surface area contributed by atoms with E-state index in [0.29, 0.717) is 12.5 Å². The van der Waals surface area contributed by atoms with Gasteiger partial charge in [-0.2, -0.15) is 0 Å². The smallest absolute Gasteiger partial charge is 0.303 e. The number of likely N-dealkylation sites (tertiary alicyclic amines) is 1. The minimum absolute atomic E-state index is 0.304. The van der Waals surface area contributed by atoms with Gasteiger partial charge in [0.1, 0.15) is 0 Å². The van der Waals surface area contributed by atoms with Crippen molar-refractivity contribution in [3.05, 3.63) is 0 Å². The molecule has 0 aromatic carbocycles. The number of nitrogens with zero attached hydrogens (tertiary/aromatic N) is 2. The number of likely N-dealkylation sites (N-methyl/N-ethyl adjacent to an activating group) is 2. The van der Waals surface area contributed by atoms with Crippen LogP contribution < -0.4 is 0 Å². The Morgan fingerprint density at radius 3 is 2.80 bits per heavy atom. The highest BCUT2D eigenvalue weighted by molar-refractivity contribution is 5.66. The lowest BCUT2D eigenvalue weighted by Crippen LogP contribution is -2.34. The molecule has 1 N–H and O–H groups in total. The van der Waals surface area contributed by atoms with Crippen molar-refractivity contribution in [1.29, 1.82) is 0 Å². The molecule has 1 fully saturated rings. The summed E-state index contributed by atoms with van der Waals surface area (Å²) in [7, 11) is 4.29. The van der Waals surface area contributed by atoms with Crippen LogP contribution in [0.25, 0.3) is 0 Å². The zero-order valence-corrected chi connectivity index (χ0v) is 9.78. The number of carbonyl (C=O) groups is 1. The predicted molar refractivity (Wildman–Crippen MR) is 60.0 cm³/mol. The van der Waals surface area contributed by atoms with E-state index in [-0.39, 0.29) is 0 Å². The number of hydrogen-bond donors (Lipinski definition) is 1. The van der Waals surface area contributed by atoms with Crippen molar-refractivity contribution >= 4 is 5.97 Å². The fraction of sp³-hybridized carbons (Fsp3) is 0.909. The first-order valence-electron chi connectivity index (χ1n) is 5.70. The molecule has 0 spiro atoms. The van der Waals surface area contributed by atoms with E-state index in [4.69, 9.17) is 5.11 Å². The monoisotopic (exact) mass is 214 g/mol. The summed E-state index contributed by atoms with van der Waals surface area (Å²) in [5.41, 5.74) is 0. The molecule has 0 aromatic heterocycles. The Bertz CT molecular complexity index is 209. The normalized spacial score (nSPS) is 22.5. The number of aliphatic carboxylic acids is 1. The molecule has 1 aliphatic heterocycles. The summed E-state index contributed by atoms with van der Waals surface area (Å²) >= 11 is 0. The molecule has 0 radical (unpaired) electrons. The van der Waals surface area contributed by atoms with Crippen LogP contribution in [0.5, 0.6) is 0 Å². The molecule has 0 aromatic rings. The summed E-state index contributed by atoms with van der Waals surface area (Å²) in [6.45, 7) is 3.35. The van der Waals surface area contributed by atoms with Crippen molar-refractivity contribution in [3.8, 4) is 0 Å². The summed E-state index contributed by atoms with van der Waals surface area (Å²) in [6.07, 6.45) is 3.33. The summed E-state index contributed by atoms with van der Waals surface area (Å²) < 4.78 is 0. The van der Waals surface area contributed by atoms with Crippen molar-refractivity contribution in [3.63, 3.8) is 0 Å². The maximum absolute atomic E-state index is 10.3. The van der Waals surface area contributed by atoms with Gasteiger partial charge in [-0.05, 0) is 46.4 Å². The summed E-state index contributed by atoms with van der Waals surface area (Å²) in [4.78, 5) is 15.0. The first-order valence-corrected chi connectivity index (χ1v) is 5.70. The molecule has 1 aliphatic rings. The molecule has 88 valence electrons. The number of carboxylic acids is 1. The molecule has 0 bridgehead atoms. The molecule has 1 heterocycles. The summed E-state index contributed by atoms with van der Waals surface area (Å²) in [5.74, 6) is -0.682. The maximum Gasteiger partial charge on any atom is 0.303 e. The lowest BCUT2D eigenvalue weighted by atomic mass is 10.2. The van der Waals surface area contributed by atoms with Gasteiger partial charge in [-0.25, -0.2) is 0 Å². The van der Waals surface area contributed by atoms with Gasteiger partial charge in [0, 0.05) is 19.0 Å². The first kappa shape index (κ1) is 12.5. The quantitative estimate of drug-likeness (QED) is 0.667. The van der Waals surface area contributed by atoms with E-state index in [2.05, 4.69) is 23.9 Å². The van der Waals surface area contributed by atoms with Crippen LogP contribution >= 0.6 is 0 Å². The SMILES string of the molecule is CN1CCC(N(C)CCCCC(=O)O)C1. The minimum Gasteiger partial charge on any atom is -0.481 e. The highest BCUT2D eigenvalue weighted by Gasteiger charge is 2.22. The van der Waals surface area contributed by atoms with Gasteiger partial charge in [-0.3, -0.25) is 4.79 Å². The van der Waals surface area contributed by atoms with E-state index in [1.165, 1.54) is 13.0 Å². The Morgan fingerprint density at radius 1 is 1.53 bits per heavy atom. The van der Waals surface area contributed by atoms with Gasteiger partial charge in [0.25, 0.3) is 0 Å². The summed E-state index contributed by atoms with van der Waals surface area (Å²) in [5, 5.41) is 8.50. The second kappa shape index (κ2) is 6.08. The van der Waals surface area contributed by atoms with Gasteiger partial charge in [-0.1, -0.05) is 0 Å². The third-order valence-electron chi connectivity index (χ3n) is 3.14. The highest BCUT2D eigenvalue weighted by Crippen LogP contribution is 2.13. The first-order chi connectivity index (χ1) is 7.09. The Morgan fingerprint density at radius 2 is 2.27 bits per heavy atom. The van der Waals surface area contributed by atoms with Crippen LogP contribution in [0.4, 0.5) is 0 Å². The van der Waals surface area contributed by atoms with Crippen molar-refractivity contribution in [1.82, 2.24) is 9.80 Å². The minimum atomic E-state index is -0.682. The molecular weight excluding hydrogens is 192 g/mol. The van der Waals surface area contributed by atoms with Crippen LogP contribution in [-0.4, -0.2) is 60.6 Å². The molecule has 1 rings (SSSR count). The standard InChI is InChI=1S/C11H22N2O2/c1-12-8-6-10(9-12)13(2)7-4-3-5-11(14)15/h10H,3-9H2,1-2H3,(H,14,15). The van der Waals surface area contributed by atoms with E-state index in [1.54, 1.807) is 0 Å². The van der Waals surface area contributed by atoms with Crippen molar-refractivity contribution in [2.24, 2.45) is 0 Å². The third-order valence-corrected chi connectivity index (χ3v) is 3.14. The van der Waals surface area contributed by atoms with Crippen LogP contribution in [0.3, 0.4) is 0 Å². The number of hydrogen-bond acceptors (Lipinski definition) is 3. The van der Waals surface area contributed by atoms with Gasteiger partial charge in [0.05, 0.1) is 0 Å². The zero-order chi connectivity index (χ0) is 11.3. The zero-order valence-electron chi connectivity index (χ0n) is 9.78. The molecule has 1 unspecified atom stereocenters. The molecule has 4 nitrogen and oxygen atoms in total. The molecule has 0 aliphatic carbocycles. The molecule has 0 saturated carbocycles. The van der Waals surface area contributed by atoms with E-state index >= 15 is 0 Å². The number of unbranched alkanes of at least 4 members (excludes halogenated alkanes) is 1. The lowest BCUT2D eigenvalue weighted by Gasteiger charge is -2.23. The maximum atomic E-state index is 10.3. The average molecular weight is 214 g/mol. The van der Waals surface area contributed by atoms with Crippen LogP contribution in [-0.2, 0) is 4.79 Å². The Labute approximate surface area is 91.9 Å². The third kappa shape index (κ3) is 4.62. The second-order valence-electron chi connectivity index (χ2n) is 4.54. The van der Waals surface area contributed by atoms with E-state index in [9.17, 15) is 4.79 Å². The van der Waals surface area contributed by atoms with Gasteiger partial charge >= 0.3 is 5.97 Å². The number of carboxylic acid groups (broad SMARTS) is 1. The van der Waals surface area contributed by atoms with Gasteiger partial charge in [0.2, 0.25) is 0 Å². The second-order valence-corrected chi connectivity index (χ2v) is 4.54. The highest BCUT2D eigenvalue weighted by atomic mass is 16.4. The Balaban J connectivity index is 2.08. The fourth-order valence-electron chi connectivity index (χ4n) is 2.09. The average Bonchev–Trinajstić information content (AvgIpc) is 2.59. The van der Waals surface area contributed by atoms with Crippen LogP contribution in [0.15, 0.2) is 0 Å². The Kier molecular flexibility index (Phi) is 5.05. The van der Waals surface area contributed by atoms with E-state index < -0.39 is 5.97 Å². The van der Waals surface area contributed by atoms with Crippen molar-refractivity contribution in [2.45, 2.75) is 31.7 Å². The number of rotatable bonds is 6. The molecule has 4 heteroatoms. The van der Waals surface area contributed by atoms with Crippen LogP contribution in [0, 0.1) is 0 Å². The lowest BCUT2D eigenvalue weighted by molar-refractivity contribution is -0.137. The molecule has 1 saturated heterocycles. The summed E-state index contributed by atoms with van der Waals surface area (Å²) in [6, 6.07) is 0.667. The van der Waals surface area contributed by atoms with E-state index in [1.807, 2.05) is 0 Å². The van der Waals surface area contributed by atoms with Gasteiger partial charge < -0.3 is 14.9 Å². The van der Waals surface area contributed by atoms with E-state index in [0.717, 1.165) is 25.9 Å². The van der Waals surface area contributed by atoms with Crippen LogP contribution in [0.2, 0.25) is 0 Å². The Hall–Kier alpha value is -0.610. The topological polar surface area (TPSA) is 43.8 Å².